The summed E-state index contributed by atoms with van der Waals surface area (Å²) in [6.07, 6.45) is 6.41. The van der Waals surface area contributed by atoms with Crippen LogP contribution in [0.4, 0.5) is 5.69 Å². The van der Waals surface area contributed by atoms with E-state index in [0.29, 0.717) is 31.4 Å². The standard InChI is InChI=1S/C21H27NO4/c1-6-7-15-14(3)17-12-26-21(24)19(17)20(22-4)16(15)10-8-13(2)9-11-18(23)25-5/h6,8,22H,1,7,9-12H2,2-5H3. The second kappa shape index (κ2) is 8.70. The van der Waals surface area contributed by atoms with Crippen LogP contribution in [0.2, 0.25) is 0 Å². The van der Waals surface area contributed by atoms with Crippen LogP contribution in [0, 0.1) is 6.92 Å². The summed E-state index contributed by atoms with van der Waals surface area (Å²) in [6.45, 7) is 8.24. The molecule has 0 amide bonds. The molecule has 1 aromatic rings. The number of nitrogens with one attached hydrogen (secondary N) is 1. The molecule has 5 heteroatoms. The highest BCUT2D eigenvalue weighted by Crippen LogP contribution is 2.37. The van der Waals surface area contributed by atoms with Crippen LogP contribution in [0.25, 0.3) is 0 Å². The number of allylic oxidation sites excluding steroid dienone is 3. The Bertz CT molecular complexity index is 762. The molecule has 1 N–H and O–H groups in total. The molecule has 0 bridgehead atoms. The van der Waals surface area contributed by atoms with Crippen molar-refractivity contribution in [1.82, 2.24) is 0 Å². The van der Waals surface area contributed by atoms with Gasteiger partial charge in [-0.1, -0.05) is 17.7 Å². The van der Waals surface area contributed by atoms with Crippen molar-refractivity contribution < 1.29 is 19.1 Å². The lowest BCUT2D eigenvalue weighted by Gasteiger charge is -2.19. The topological polar surface area (TPSA) is 64.6 Å². The third-order valence-electron chi connectivity index (χ3n) is 4.88. The Morgan fingerprint density at radius 1 is 1.31 bits per heavy atom. The Kier molecular flexibility index (Phi) is 6.61. The fourth-order valence-corrected chi connectivity index (χ4v) is 3.37. The van der Waals surface area contributed by atoms with Crippen molar-refractivity contribution in [3.05, 3.63) is 52.1 Å². The second-order valence-corrected chi connectivity index (χ2v) is 6.46. The molecular weight excluding hydrogens is 330 g/mol. The number of cyclic esters (lactones) is 1. The van der Waals surface area contributed by atoms with Gasteiger partial charge in [-0.2, -0.15) is 0 Å². The van der Waals surface area contributed by atoms with E-state index in [0.717, 1.165) is 34.4 Å². The number of esters is 2. The molecule has 0 spiro atoms. The summed E-state index contributed by atoms with van der Waals surface area (Å²) in [7, 11) is 3.22. The number of rotatable bonds is 8. The highest BCUT2D eigenvalue weighted by atomic mass is 16.5. The zero-order valence-corrected chi connectivity index (χ0v) is 16.0. The molecule has 5 nitrogen and oxygen atoms in total. The van der Waals surface area contributed by atoms with E-state index in [1.165, 1.54) is 12.7 Å². The van der Waals surface area contributed by atoms with Gasteiger partial charge in [0.15, 0.2) is 0 Å². The minimum absolute atomic E-state index is 0.211. The molecule has 1 aliphatic rings. The van der Waals surface area contributed by atoms with E-state index in [-0.39, 0.29) is 11.9 Å². The summed E-state index contributed by atoms with van der Waals surface area (Å²) in [5.41, 5.74) is 6.92. The lowest BCUT2D eigenvalue weighted by atomic mass is 9.87. The lowest BCUT2D eigenvalue weighted by molar-refractivity contribution is -0.140. The molecule has 0 aliphatic carbocycles. The maximum Gasteiger partial charge on any atom is 0.341 e. The molecule has 0 saturated carbocycles. The molecule has 0 aromatic heterocycles. The van der Waals surface area contributed by atoms with Gasteiger partial charge >= 0.3 is 11.9 Å². The highest BCUT2D eigenvalue weighted by Gasteiger charge is 2.30. The monoisotopic (exact) mass is 357 g/mol. The first kappa shape index (κ1) is 19.8. The van der Waals surface area contributed by atoms with Crippen molar-refractivity contribution in [2.45, 2.75) is 46.1 Å². The van der Waals surface area contributed by atoms with Crippen LogP contribution in [0.1, 0.15) is 52.4 Å². The number of carbonyl (C=O) groups is 2. The maximum atomic E-state index is 12.2. The predicted octanol–water partition coefficient (Wildman–Crippen LogP) is 3.88. The van der Waals surface area contributed by atoms with Crippen molar-refractivity contribution in [2.75, 3.05) is 19.5 Å². The molecule has 1 heterocycles. The smallest absolute Gasteiger partial charge is 0.341 e. The molecule has 0 saturated heterocycles. The van der Waals surface area contributed by atoms with Gasteiger partial charge in [0.05, 0.1) is 18.4 Å². The quantitative estimate of drug-likeness (QED) is 0.565. The fraction of sp³-hybridized carbons (Fsp3) is 0.429. The van der Waals surface area contributed by atoms with Gasteiger partial charge in [-0.15, -0.1) is 6.58 Å². The van der Waals surface area contributed by atoms with Gasteiger partial charge in [0, 0.05) is 19.0 Å². The van der Waals surface area contributed by atoms with Crippen LogP contribution in [0.5, 0.6) is 0 Å². The van der Waals surface area contributed by atoms with Gasteiger partial charge in [-0.05, 0) is 49.8 Å². The van der Waals surface area contributed by atoms with Crippen molar-refractivity contribution in [2.24, 2.45) is 0 Å². The number of carbonyl (C=O) groups excluding carboxylic acids is 2. The van der Waals surface area contributed by atoms with Gasteiger partial charge in [0.25, 0.3) is 0 Å². The summed E-state index contributed by atoms with van der Waals surface area (Å²) in [5, 5.41) is 3.20. The van der Waals surface area contributed by atoms with Crippen LogP contribution in [-0.4, -0.2) is 26.1 Å². The van der Waals surface area contributed by atoms with E-state index < -0.39 is 0 Å². The Morgan fingerprint density at radius 2 is 2.04 bits per heavy atom. The molecule has 0 unspecified atom stereocenters. The SMILES string of the molecule is C=CCc1c(C)c2c(c(NC)c1CC=C(C)CCC(=O)OC)C(=O)OC2. The number of fused-ring (bicyclic) bond motifs is 1. The van der Waals surface area contributed by atoms with Crippen LogP contribution < -0.4 is 5.32 Å². The van der Waals surface area contributed by atoms with Crippen molar-refractivity contribution >= 4 is 17.6 Å². The first-order chi connectivity index (χ1) is 12.4. The zero-order chi connectivity index (χ0) is 19.3. The molecular formula is C21H27NO4. The van der Waals surface area contributed by atoms with Crippen LogP contribution in [0.3, 0.4) is 0 Å². The summed E-state index contributed by atoms with van der Waals surface area (Å²) < 4.78 is 9.96. The lowest BCUT2D eigenvalue weighted by Crippen LogP contribution is -2.10. The van der Waals surface area contributed by atoms with Gasteiger partial charge in [-0.25, -0.2) is 4.79 Å². The minimum Gasteiger partial charge on any atom is -0.469 e. The normalized spacial score (nSPS) is 13.2. The van der Waals surface area contributed by atoms with Crippen LogP contribution in [-0.2, 0) is 33.7 Å². The average Bonchev–Trinajstić information content (AvgIpc) is 3.02. The zero-order valence-electron chi connectivity index (χ0n) is 16.0. The van der Waals surface area contributed by atoms with Crippen molar-refractivity contribution in [3.8, 4) is 0 Å². The van der Waals surface area contributed by atoms with E-state index >= 15 is 0 Å². The van der Waals surface area contributed by atoms with E-state index in [1.807, 2.05) is 27.0 Å². The van der Waals surface area contributed by atoms with Gasteiger partial charge in [0.1, 0.15) is 6.61 Å². The number of ether oxygens (including phenoxy) is 2. The van der Waals surface area contributed by atoms with Crippen molar-refractivity contribution in [1.29, 1.82) is 0 Å². The minimum atomic E-state index is -0.273. The van der Waals surface area contributed by atoms with E-state index in [4.69, 9.17) is 9.47 Å². The summed E-state index contributed by atoms with van der Waals surface area (Å²) in [4.78, 5) is 23.5. The van der Waals surface area contributed by atoms with Gasteiger partial charge < -0.3 is 14.8 Å². The first-order valence-electron chi connectivity index (χ1n) is 8.79. The van der Waals surface area contributed by atoms with Gasteiger partial charge in [-0.3, -0.25) is 4.79 Å². The molecule has 1 aromatic carbocycles. The molecule has 140 valence electrons. The summed E-state index contributed by atoms with van der Waals surface area (Å²) >= 11 is 0. The third-order valence-corrected chi connectivity index (χ3v) is 4.88. The van der Waals surface area contributed by atoms with Crippen LogP contribution in [0.15, 0.2) is 24.3 Å². The Hall–Kier alpha value is -2.56. The first-order valence-corrected chi connectivity index (χ1v) is 8.79. The number of hydrogen-bond acceptors (Lipinski definition) is 5. The fourth-order valence-electron chi connectivity index (χ4n) is 3.37. The van der Waals surface area contributed by atoms with E-state index in [2.05, 4.69) is 18.0 Å². The molecule has 2 rings (SSSR count). The third kappa shape index (κ3) is 3.98. The Morgan fingerprint density at radius 3 is 2.65 bits per heavy atom. The highest BCUT2D eigenvalue weighted by molar-refractivity contribution is 6.01. The number of benzene rings is 1. The second-order valence-electron chi connectivity index (χ2n) is 6.46. The van der Waals surface area contributed by atoms with Crippen LogP contribution >= 0.6 is 0 Å². The average molecular weight is 357 g/mol. The maximum absolute atomic E-state index is 12.2. The molecule has 1 aliphatic heterocycles. The predicted molar refractivity (Wildman–Crippen MR) is 102 cm³/mol. The number of anilines is 1. The molecule has 0 atom stereocenters. The summed E-state index contributed by atoms with van der Waals surface area (Å²) in [6, 6.07) is 0. The molecule has 0 radical (unpaired) electrons. The Labute approximate surface area is 155 Å². The van der Waals surface area contributed by atoms with Crippen molar-refractivity contribution in [3.63, 3.8) is 0 Å². The van der Waals surface area contributed by atoms with Gasteiger partial charge in [0.2, 0.25) is 0 Å². The number of hydrogen-bond donors (Lipinski definition) is 1. The van der Waals surface area contributed by atoms with E-state index in [1.54, 1.807) is 0 Å². The largest absolute Gasteiger partial charge is 0.469 e. The summed E-state index contributed by atoms with van der Waals surface area (Å²) in [5.74, 6) is -0.484. The van der Waals surface area contributed by atoms with E-state index in [9.17, 15) is 9.59 Å². The Balaban J connectivity index is 2.41. The number of methoxy groups -OCH3 is 1. The molecule has 26 heavy (non-hydrogen) atoms. The molecule has 0 fully saturated rings.